The highest BCUT2D eigenvalue weighted by Gasteiger charge is 2.25. The van der Waals surface area contributed by atoms with Crippen molar-refractivity contribution >= 4 is 11.8 Å². The molecule has 1 aromatic carbocycles. The van der Waals surface area contributed by atoms with Gasteiger partial charge in [-0.1, -0.05) is 50.1 Å². The first kappa shape index (κ1) is 19.2. The van der Waals surface area contributed by atoms with Crippen molar-refractivity contribution in [1.29, 1.82) is 0 Å². The molecule has 0 saturated carbocycles. The average molecular weight is 318 g/mol. The van der Waals surface area contributed by atoms with Gasteiger partial charge in [-0.3, -0.25) is 9.59 Å². The molecule has 0 radical (unpaired) electrons. The Bertz CT molecular complexity index is 497. The monoisotopic (exact) mass is 318 g/mol. The van der Waals surface area contributed by atoms with Crippen LogP contribution in [0.3, 0.4) is 0 Å². The molecule has 0 aliphatic heterocycles. The molecular formula is C19H30N2O2. The second-order valence-corrected chi connectivity index (χ2v) is 6.08. The van der Waals surface area contributed by atoms with E-state index >= 15 is 0 Å². The van der Waals surface area contributed by atoms with Crippen LogP contribution < -0.4 is 5.32 Å². The number of carbonyl (C=O) groups excluding carboxylic acids is 2. The van der Waals surface area contributed by atoms with E-state index in [1.807, 2.05) is 45.0 Å². The summed E-state index contributed by atoms with van der Waals surface area (Å²) in [5.41, 5.74) is 2.24. The Morgan fingerprint density at radius 2 is 1.78 bits per heavy atom. The van der Waals surface area contributed by atoms with Crippen LogP contribution in [0.1, 0.15) is 57.6 Å². The molecule has 23 heavy (non-hydrogen) atoms. The van der Waals surface area contributed by atoms with Crippen molar-refractivity contribution in [1.82, 2.24) is 10.2 Å². The molecule has 0 fully saturated rings. The molecule has 1 N–H and O–H groups in total. The number of hydrogen-bond donors (Lipinski definition) is 1. The minimum Gasteiger partial charge on any atom is -0.354 e. The number of nitrogens with zero attached hydrogens (tertiary/aromatic N) is 1. The van der Waals surface area contributed by atoms with Gasteiger partial charge in [0, 0.05) is 19.5 Å². The van der Waals surface area contributed by atoms with Crippen LogP contribution in [0.4, 0.5) is 0 Å². The van der Waals surface area contributed by atoms with Gasteiger partial charge >= 0.3 is 0 Å². The van der Waals surface area contributed by atoms with E-state index in [1.165, 1.54) is 5.56 Å². The van der Waals surface area contributed by atoms with E-state index in [0.717, 1.165) is 24.8 Å². The van der Waals surface area contributed by atoms with Crippen molar-refractivity contribution in [2.45, 2.75) is 66.0 Å². The van der Waals surface area contributed by atoms with Gasteiger partial charge in [0.1, 0.15) is 6.04 Å². The lowest BCUT2D eigenvalue weighted by Gasteiger charge is -2.29. The van der Waals surface area contributed by atoms with Crippen LogP contribution in [0.5, 0.6) is 0 Å². The van der Waals surface area contributed by atoms with Gasteiger partial charge in [0.05, 0.1) is 0 Å². The van der Waals surface area contributed by atoms with Crippen LogP contribution in [-0.4, -0.2) is 29.3 Å². The highest BCUT2D eigenvalue weighted by Crippen LogP contribution is 2.12. The number of hydrogen-bond acceptors (Lipinski definition) is 2. The minimum atomic E-state index is -0.452. The predicted octanol–water partition coefficient (Wildman–Crippen LogP) is 3.43. The van der Waals surface area contributed by atoms with Crippen LogP contribution in [0, 0.1) is 6.92 Å². The van der Waals surface area contributed by atoms with E-state index in [4.69, 9.17) is 0 Å². The summed E-state index contributed by atoms with van der Waals surface area (Å²) in [5.74, 6) is -0.0405. The Kier molecular flexibility index (Phi) is 8.38. The zero-order chi connectivity index (χ0) is 17.2. The summed E-state index contributed by atoms with van der Waals surface area (Å²) >= 11 is 0. The first-order valence-corrected chi connectivity index (χ1v) is 8.62. The molecule has 0 spiro atoms. The number of unbranched alkanes of at least 4 members (excludes halogenated alkanes) is 1. The first-order valence-electron chi connectivity index (χ1n) is 8.62. The SMILES string of the molecule is CCCCNC(=O)C(C)N(Cc1ccc(C)cc1)C(=O)CCC. The van der Waals surface area contributed by atoms with Crippen molar-refractivity contribution in [3.63, 3.8) is 0 Å². The maximum Gasteiger partial charge on any atom is 0.242 e. The van der Waals surface area contributed by atoms with Crippen molar-refractivity contribution in [2.24, 2.45) is 0 Å². The summed E-state index contributed by atoms with van der Waals surface area (Å²) in [6, 6.07) is 7.65. The molecule has 1 rings (SSSR count). The van der Waals surface area contributed by atoms with Gasteiger partial charge in [-0.15, -0.1) is 0 Å². The van der Waals surface area contributed by atoms with E-state index in [9.17, 15) is 9.59 Å². The molecule has 4 heteroatoms. The zero-order valence-corrected chi connectivity index (χ0v) is 14.9. The van der Waals surface area contributed by atoms with E-state index < -0.39 is 6.04 Å². The van der Waals surface area contributed by atoms with Gasteiger partial charge in [0.2, 0.25) is 11.8 Å². The van der Waals surface area contributed by atoms with E-state index in [1.54, 1.807) is 4.90 Å². The molecule has 0 aromatic heterocycles. The lowest BCUT2D eigenvalue weighted by molar-refractivity contribution is -0.140. The van der Waals surface area contributed by atoms with Crippen LogP contribution >= 0.6 is 0 Å². The summed E-state index contributed by atoms with van der Waals surface area (Å²) < 4.78 is 0. The van der Waals surface area contributed by atoms with Gasteiger partial charge in [-0.2, -0.15) is 0 Å². The maximum atomic E-state index is 12.4. The predicted molar refractivity (Wildman–Crippen MR) is 94.0 cm³/mol. The molecule has 0 bridgehead atoms. The number of carbonyl (C=O) groups is 2. The number of benzene rings is 1. The topological polar surface area (TPSA) is 49.4 Å². The Hall–Kier alpha value is -1.84. The number of nitrogens with one attached hydrogen (secondary N) is 1. The summed E-state index contributed by atoms with van der Waals surface area (Å²) in [6.45, 7) is 9.05. The van der Waals surface area contributed by atoms with Crippen molar-refractivity contribution in [3.05, 3.63) is 35.4 Å². The Morgan fingerprint density at radius 3 is 2.35 bits per heavy atom. The molecule has 0 heterocycles. The minimum absolute atomic E-state index is 0.0335. The standard InChI is InChI=1S/C19H30N2O2/c1-5-7-13-20-19(23)16(4)21(18(22)8-6-2)14-17-11-9-15(3)10-12-17/h9-12,16H,5-8,13-14H2,1-4H3,(H,20,23). The van der Waals surface area contributed by atoms with Crippen molar-refractivity contribution in [2.75, 3.05) is 6.54 Å². The molecule has 0 saturated heterocycles. The van der Waals surface area contributed by atoms with E-state index in [-0.39, 0.29) is 11.8 Å². The molecule has 4 nitrogen and oxygen atoms in total. The van der Waals surface area contributed by atoms with Gasteiger partial charge in [-0.25, -0.2) is 0 Å². The molecule has 0 aliphatic carbocycles. The Balaban J connectivity index is 2.80. The number of amides is 2. The summed E-state index contributed by atoms with van der Waals surface area (Å²) in [7, 11) is 0. The van der Waals surface area contributed by atoms with Crippen LogP contribution in [0.2, 0.25) is 0 Å². The second-order valence-electron chi connectivity index (χ2n) is 6.08. The molecule has 2 amide bonds. The van der Waals surface area contributed by atoms with Gasteiger partial charge < -0.3 is 10.2 Å². The Morgan fingerprint density at radius 1 is 1.13 bits per heavy atom. The summed E-state index contributed by atoms with van der Waals surface area (Å²) in [5, 5.41) is 2.92. The summed E-state index contributed by atoms with van der Waals surface area (Å²) in [4.78, 5) is 26.4. The molecule has 128 valence electrons. The van der Waals surface area contributed by atoms with Gasteiger partial charge in [0.25, 0.3) is 0 Å². The van der Waals surface area contributed by atoms with Crippen molar-refractivity contribution < 1.29 is 9.59 Å². The smallest absolute Gasteiger partial charge is 0.242 e. The normalized spacial score (nSPS) is 11.8. The second kappa shape index (κ2) is 10.0. The molecule has 1 aromatic rings. The number of aryl methyl sites for hydroxylation is 1. The zero-order valence-electron chi connectivity index (χ0n) is 14.9. The quantitative estimate of drug-likeness (QED) is 0.709. The lowest BCUT2D eigenvalue weighted by Crippen LogP contribution is -2.47. The highest BCUT2D eigenvalue weighted by molar-refractivity contribution is 5.87. The van der Waals surface area contributed by atoms with Crippen LogP contribution in [0.15, 0.2) is 24.3 Å². The van der Waals surface area contributed by atoms with Crippen molar-refractivity contribution in [3.8, 4) is 0 Å². The van der Waals surface area contributed by atoms with E-state index in [2.05, 4.69) is 12.2 Å². The lowest BCUT2D eigenvalue weighted by atomic mass is 10.1. The third kappa shape index (κ3) is 6.43. The maximum absolute atomic E-state index is 12.4. The highest BCUT2D eigenvalue weighted by atomic mass is 16.2. The third-order valence-electron chi connectivity index (χ3n) is 3.93. The van der Waals surface area contributed by atoms with Gasteiger partial charge in [-0.05, 0) is 32.3 Å². The van der Waals surface area contributed by atoms with Crippen LogP contribution in [-0.2, 0) is 16.1 Å². The summed E-state index contributed by atoms with van der Waals surface area (Å²) in [6.07, 6.45) is 3.25. The fraction of sp³-hybridized carbons (Fsp3) is 0.579. The third-order valence-corrected chi connectivity index (χ3v) is 3.93. The largest absolute Gasteiger partial charge is 0.354 e. The fourth-order valence-corrected chi connectivity index (χ4v) is 2.37. The Labute approximate surface area is 140 Å². The number of rotatable bonds is 9. The molecule has 0 aliphatic rings. The van der Waals surface area contributed by atoms with E-state index in [0.29, 0.717) is 19.5 Å². The molecule has 1 unspecified atom stereocenters. The molecule has 1 atom stereocenters. The van der Waals surface area contributed by atoms with Crippen LogP contribution in [0.25, 0.3) is 0 Å². The van der Waals surface area contributed by atoms with Gasteiger partial charge in [0.15, 0.2) is 0 Å². The fourth-order valence-electron chi connectivity index (χ4n) is 2.37. The average Bonchev–Trinajstić information content (AvgIpc) is 2.54. The first-order chi connectivity index (χ1) is 11.0. The molecular weight excluding hydrogens is 288 g/mol.